The van der Waals surface area contributed by atoms with Gasteiger partial charge in [0, 0.05) is 7.05 Å². The molecule has 0 saturated carbocycles. The van der Waals surface area contributed by atoms with Crippen molar-refractivity contribution in [1.29, 1.82) is 0 Å². The van der Waals surface area contributed by atoms with E-state index in [2.05, 4.69) is 22.5 Å². The second-order valence-corrected chi connectivity index (χ2v) is 2.06. The Balaban J connectivity index is 3.46. The first kappa shape index (κ1) is 8.71. The van der Waals surface area contributed by atoms with Crippen LogP contribution in [-0.2, 0) is 4.84 Å². The molecule has 0 spiro atoms. The second-order valence-electron chi connectivity index (χ2n) is 1.13. The Labute approximate surface area is 63.3 Å². The summed E-state index contributed by atoms with van der Waals surface area (Å²) in [5.41, 5.74) is 2.19. The summed E-state index contributed by atoms with van der Waals surface area (Å²) >= 11 is 5.31. The van der Waals surface area contributed by atoms with E-state index in [1.54, 1.807) is 6.26 Å². The van der Waals surface area contributed by atoms with Crippen LogP contribution in [-0.4, -0.2) is 29.2 Å². The fraction of sp³-hybridized carbons (Fsp3) is 0.500. The molecule has 0 rings (SSSR count). The Hall–Kier alpha value is -0.290. The highest BCUT2D eigenvalue weighted by atomic mass is 32.2. The van der Waals surface area contributed by atoms with Gasteiger partial charge in [-0.25, -0.2) is 4.79 Å². The molecule has 51 valence electrons. The van der Waals surface area contributed by atoms with Gasteiger partial charge in [-0.1, -0.05) is 12.2 Å². The minimum atomic E-state index is -0.394. The van der Waals surface area contributed by atoms with Gasteiger partial charge in [0.15, 0.2) is 5.49 Å². The zero-order valence-electron chi connectivity index (χ0n) is 5.08. The Morgan fingerprint density at radius 3 is 2.78 bits per heavy atom. The van der Waals surface area contributed by atoms with Gasteiger partial charge < -0.3 is 4.84 Å². The van der Waals surface area contributed by atoms with Crippen molar-refractivity contribution in [2.45, 2.75) is 0 Å². The molecule has 0 aliphatic carbocycles. The highest BCUT2D eigenvalue weighted by molar-refractivity contribution is 8.12. The molecular formula is C4H6NO2S2. The lowest BCUT2D eigenvalue weighted by Gasteiger charge is -2.07. The molecule has 0 N–H and O–H groups in total. The summed E-state index contributed by atoms with van der Waals surface area (Å²) in [7, 11) is 1.50. The van der Waals surface area contributed by atoms with Crippen molar-refractivity contribution in [3.63, 3.8) is 0 Å². The fourth-order valence-corrected chi connectivity index (χ4v) is 0.391. The molecular weight excluding hydrogens is 158 g/mol. The molecule has 0 bridgehead atoms. The first-order valence-electron chi connectivity index (χ1n) is 2.08. The highest BCUT2D eigenvalue weighted by Gasteiger charge is 2.00. The van der Waals surface area contributed by atoms with E-state index >= 15 is 0 Å². The number of rotatable bonds is 2. The minimum absolute atomic E-state index is 0.394. The summed E-state index contributed by atoms with van der Waals surface area (Å²) in [6.45, 7) is 0. The summed E-state index contributed by atoms with van der Waals surface area (Å²) in [6.07, 6.45) is 1.62. The number of thioether (sulfide) groups is 1. The lowest BCUT2D eigenvalue weighted by molar-refractivity contribution is 0.0108. The highest BCUT2D eigenvalue weighted by Crippen LogP contribution is 1.98. The van der Waals surface area contributed by atoms with Crippen LogP contribution in [0, 0.1) is 0 Å². The Kier molecular flexibility index (Phi) is 4.43. The number of hydrogen-bond acceptors (Lipinski definition) is 4. The van der Waals surface area contributed by atoms with Crippen LogP contribution in [0.5, 0.6) is 0 Å². The Morgan fingerprint density at radius 2 is 2.44 bits per heavy atom. The third kappa shape index (κ3) is 4.23. The van der Waals surface area contributed by atoms with Gasteiger partial charge in [0.05, 0.1) is 0 Å². The predicted octanol–water partition coefficient (Wildman–Crippen LogP) is 1.17. The number of hydrogen-bond donors (Lipinski definition) is 0. The average Bonchev–Trinajstić information content (AvgIpc) is 1.87. The van der Waals surface area contributed by atoms with Crippen molar-refractivity contribution in [2.24, 2.45) is 0 Å². The van der Waals surface area contributed by atoms with Crippen LogP contribution in [0.1, 0.15) is 0 Å². The normalized spacial score (nSPS) is 8.22. The maximum Gasteiger partial charge on any atom is 0.391 e. The van der Waals surface area contributed by atoms with Gasteiger partial charge in [0.1, 0.15) is 0 Å². The third-order valence-electron chi connectivity index (χ3n) is 0.507. The van der Waals surface area contributed by atoms with Crippen molar-refractivity contribution < 1.29 is 9.63 Å². The van der Waals surface area contributed by atoms with Crippen LogP contribution >= 0.6 is 24.0 Å². The van der Waals surface area contributed by atoms with E-state index in [1.165, 1.54) is 7.05 Å². The van der Waals surface area contributed by atoms with E-state index in [9.17, 15) is 4.79 Å². The van der Waals surface area contributed by atoms with Gasteiger partial charge >= 0.3 is 5.30 Å². The van der Waals surface area contributed by atoms with E-state index in [-0.39, 0.29) is 0 Å². The number of nitrogens with zero attached hydrogens (tertiary/aromatic N) is 1. The quantitative estimate of drug-likeness (QED) is 0.347. The molecule has 0 aliphatic heterocycles. The molecule has 1 radical (unpaired) electrons. The SMILES string of the molecule is CSC(=O)ON(C)[C]=S. The lowest BCUT2D eigenvalue weighted by atomic mass is 11.2. The van der Waals surface area contributed by atoms with Crippen LogP contribution in [0.3, 0.4) is 0 Å². The molecule has 0 heterocycles. The van der Waals surface area contributed by atoms with Crippen molar-refractivity contribution in [2.75, 3.05) is 13.3 Å². The van der Waals surface area contributed by atoms with Crippen LogP contribution in [0.15, 0.2) is 0 Å². The largest absolute Gasteiger partial charge is 0.391 e. The zero-order valence-corrected chi connectivity index (χ0v) is 6.71. The molecule has 0 aromatic carbocycles. The van der Waals surface area contributed by atoms with Gasteiger partial charge in [-0.15, -0.1) is 0 Å². The first-order valence-corrected chi connectivity index (χ1v) is 3.71. The molecule has 0 atom stereocenters. The zero-order chi connectivity index (χ0) is 7.28. The van der Waals surface area contributed by atoms with Crippen LogP contribution in [0.25, 0.3) is 0 Å². The number of carbonyl (C=O) groups excluding carboxylic acids is 1. The van der Waals surface area contributed by atoms with Gasteiger partial charge in [0.2, 0.25) is 0 Å². The number of hydroxylamine groups is 2. The molecule has 0 aromatic rings. The van der Waals surface area contributed by atoms with Crippen LogP contribution in [0.4, 0.5) is 4.79 Å². The summed E-state index contributed by atoms with van der Waals surface area (Å²) in [6, 6.07) is 0. The van der Waals surface area contributed by atoms with Crippen molar-refractivity contribution in [1.82, 2.24) is 5.06 Å². The Morgan fingerprint density at radius 1 is 1.89 bits per heavy atom. The molecule has 0 unspecified atom stereocenters. The van der Waals surface area contributed by atoms with E-state index in [1.807, 2.05) is 0 Å². The van der Waals surface area contributed by atoms with Crippen molar-refractivity contribution in [3.8, 4) is 0 Å². The monoisotopic (exact) mass is 164 g/mol. The number of carbonyl (C=O) groups is 1. The van der Waals surface area contributed by atoms with Gasteiger partial charge in [0.25, 0.3) is 0 Å². The fourth-order valence-electron chi connectivity index (χ4n) is 0.168. The van der Waals surface area contributed by atoms with Gasteiger partial charge in [-0.05, 0) is 18.0 Å². The molecule has 0 fully saturated rings. The molecule has 0 saturated heterocycles. The summed E-state index contributed by atoms with van der Waals surface area (Å²) < 4.78 is 0. The van der Waals surface area contributed by atoms with Gasteiger partial charge in [-0.2, -0.15) is 5.06 Å². The first-order chi connectivity index (χ1) is 4.20. The molecule has 5 heteroatoms. The average molecular weight is 164 g/mol. The Bertz CT molecular complexity index is 117. The number of thiocarbonyl (C=S) groups is 1. The maximum atomic E-state index is 10.4. The smallest absolute Gasteiger partial charge is 0.329 e. The summed E-state index contributed by atoms with van der Waals surface area (Å²) in [4.78, 5) is 14.9. The molecule has 9 heavy (non-hydrogen) atoms. The minimum Gasteiger partial charge on any atom is -0.329 e. The summed E-state index contributed by atoms with van der Waals surface area (Å²) in [5, 5.41) is 0.656. The third-order valence-corrected chi connectivity index (χ3v) is 1.17. The molecule has 0 aromatic heterocycles. The van der Waals surface area contributed by atoms with Crippen molar-refractivity contribution >= 4 is 34.8 Å². The topological polar surface area (TPSA) is 29.5 Å². The standard InChI is InChI=1S/C4H6NO2S2/c1-5(3-8)7-4(6)9-2/h1-2H3. The summed E-state index contributed by atoms with van der Waals surface area (Å²) in [5.74, 6) is 0. The molecule has 0 amide bonds. The lowest BCUT2D eigenvalue weighted by Crippen LogP contribution is -2.17. The van der Waals surface area contributed by atoms with Crippen molar-refractivity contribution in [3.05, 3.63) is 0 Å². The van der Waals surface area contributed by atoms with E-state index < -0.39 is 5.30 Å². The molecule has 3 nitrogen and oxygen atoms in total. The van der Waals surface area contributed by atoms with Crippen LogP contribution in [0.2, 0.25) is 0 Å². The van der Waals surface area contributed by atoms with Gasteiger partial charge in [-0.3, -0.25) is 0 Å². The van der Waals surface area contributed by atoms with E-state index in [0.717, 1.165) is 16.8 Å². The van der Waals surface area contributed by atoms with Crippen LogP contribution < -0.4 is 0 Å². The van der Waals surface area contributed by atoms with E-state index in [4.69, 9.17) is 0 Å². The van der Waals surface area contributed by atoms with E-state index in [0.29, 0.717) is 0 Å². The molecule has 0 aliphatic rings. The maximum absolute atomic E-state index is 10.4. The predicted molar refractivity (Wildman–Crippen MR) is 40.4 cm³/mol. The second kappa shape index (κ2) is 4.58.